The van der Waals surface area contributed by atoms with E-state index in [1.807, 2.05) is 18.0 Å². The summed E-state index contributed by atoms with van der Waals surface area (Å²) in [5, 5.41) is 4.80. The van der Waals surface area contributed by atoms with Crippen molar-refractivity contribution in [1.29, 1.82) is 0 Å². The summed E-state index contributed by atoms with van der Waals surface area (Å²) in [7, 11) is 0.00674. The van der Waals surface area contributed by atoms with Crippen LogP contribution < -0.4 is 10.0 Å². The van der Waals surface area contributed by atoms with Gasteiger partial charge < -0.3 is 10.2 Å². The number of hydrogen-bond acceptors (Lipinski definition) is 4. The molecule has 26 heavy (non-hydrogen) atoms. The van der Waals surface area contributed by atoms with Crippen LogP contribution in [0.15, 0.2) is 51.0 Å². The van der Waals surface area contributed by atoms with E-state index in [1.54, 1.807) is 30.6 Å². The Hall–Kier alpha value is -1.24. The van der Waals surface area contributed by atoms with E-state index in [-0.39, 0.29) is 36.3 Å². The summed E-state index contributed by atoms with van der Waals surface area (Å²) in [4.78, 5) is 5.99. The number of nitrogens with one attached hydrogen (secondary N) is 2. The first kappa shape index (κ1) is 22.8. The van der Waals surface area contributed by atoms with E-state index in [1.165, 1.54) is 23.5 Å². The molecule has 0 aliphatic carbocycles. The number of sulfonamides is 1. The molecule has 0 amide bonds. The van der Waals surface area contributed by atoms with Gasteiger partial charge in [0.1, 0.15) is 10.0 Å². The standard InChI is InChI=1S/C16H21FN4O2S2.HI/c1-18-16(21(2)12-13-5-3-6-14(17)11-13)19-8-9-20-25(22,23)15-7-4-10-24-15;/h3-7,10-11,20H,8-9,12H2,1-2H3,(H,18,19);1H. The minimum Gasteiger partial charge on any atom is -0.355 e. The second-order valence-electron chi connectivity index (χ2n) is 5.29. The summed E-state index contributed by atoms with van der Waals surface area (Å²) in [6.45, 7) is 1.09. The molecular weight excluding hydrogens is 490 g/mol. The number of nitrogens with zero attached hydrogens (tertiary/aromatic N) is 2. The van der Waals surface area contributed by atoms with Crippen molar-refractivity contribution < 1.29 is 12.8 Å². The molecule has 0 atom stereocenters. The number of hydrogen-bond donors (Lipinski definition) is 2. The van der Waals surface area contributed by atoms with Gasteiger partial charge in [0.15, 0.2) is 5.96 Å². The fraction of sp³-hybridized carbons (Fsp3) is 0.312. The molecule has 0 radical (unpaired) electrons. The predicted octanol–water partition coefficient (Wildman–Crippen LogP) is 2.49. The van der Waals surface area contributed by atoms with Crippen LogP contribution in [0.2, 0.25) is 0 Å². The van der Waals surface area contributed by atoms with Crippen molar-refractivity contribution in [2.24, 2.45) is 4.99 Å². The highest BCUT2D eigenvalue weighted by molar-refractivity contribution is 14.0. The monoisotopic (exact) mass is 512 g/mol. The lowest BCUT2D eigenvalue weighted by atomic mass is 10.2. The third-order valence-electron chi connectivity index (χ3n) is 3.34. The first-order valence-corrected chi connectivity index (χ1v) is 9.98. The van der Waals surface area contributed by atoms with Gasteiger partial charge in [-0.2, -0.15) is 0 Å². The van der Waals surface area contributed by atoms with Crippen molar-refractivity contribution in [2.45, 2.75) is 10.8 Å². The zero-order chi connectivity index (χ0) is 18.3. The third kappa shape index (κ3) is 6.82. The largest absolute Gasteiger partial charge is 0.355 e. The average molecular weight is 512 g/mol. The molecule has 1 heterocycles. The van der Waals surface area contributed by atoms with E-state index in [2.05, 4.69) is 15.0 Å². The van der Waals surface area contributed by atoms with Crippen LogP contribution in [-0.4, -0.2) is 46.5 Å². The van der Waals surface area contributed by atoms with Gasteiger partial charge in [-0.05, 0) is 29.1 Å². The van der Waals surface area contributed by atoms with Gasteiger partial charge >= 0.3 is 0 Å². The Kier molecular flexibility index (Phi) is 9.47. The Balaban J connectivity index is 0.00000338. The second kappa shape index (κ2) is 10.8. The lowest BCUT2D eigenvalue weighted by molar-refractivity contribution is 0.475. The smallest absolute Gasteiger partial charge is 0.250 e. The molecule has 0 saturated heterocycles. The van der Waals surface area contributed by atoms with Crippen LogP contribution in [0.5, 0.6) is 0 Å². The molecule has 0 unspecified atom stereocenters. The van der Waals surface area contributed by atoms with Gasteiger partial charge in [-0.25, -0.2) is 17.5 Å². The van der Waals surface area contributed by atoms with Crippen LogP contribution in [0, 0.1) is 5.82 Å². The molecule has 10 heteroatoms. The van der Waals surface area contributed by atoms with E-state index in [0.717, 1.165) is 5.56 Å². The summed E-state index contributed by atoms with van der Waals surface area (Å²) in [5.41, 5.74) is 0.823. The fourth-order valence-corrected chi connectivity index (χ4v) is 4.29. The minimum atomic E-state index is -3.46. The number of benzene rings is 1. The molecule has 1 aromatic carbocycles. The molecule has 2 aromatic rings. The van der Waals surface area contributed by atoms with Gasteiger partial charge in [0, 0.05) is 33.7 Å². The minimum absolute atomic E-state index is 0. The first-order valence-electron chi connectivity index (χ1n) is 7.62. The number of halogens is 2. The average Bonchev–Trinajstić information content (AvgIpc) is 3.10. The normalized spacial score (nSPS) is 11.7. The molecule has 1 aromatic heterocycles. The lowest BCUT2D eigenvalue weighted by Gasteiger charge is -2.22. The van der Waals surface area contributed by atoms with E-state index < -0.39 is 10.0 Å². The lowest BCUT2D eigenvalue weighted by Crippen LogP contribution is -2.42. The summed E-state index contributed by atoms with van der Waals surface area (Å²) in [5.74, 6) is 0.316. The fourth-order valence-electron chi connectivity index (χ4n) is 2.22. The molecule has 2 rings (SSSR count). The third-order valence-corrected chi connectivity index (χ3v) is 6.20. The maximum Gasteiger partial charge on any atom is 0.250 e. The quantitative estimate of drug-likeness (QED) is 0.259. The maximum absolute atomic E-state index is 13.2. The maximum atomic E-state index is 13.2. The topological polar surface area (TPSA) is 73.8 Å². The van der Waals surface area contributed by atoms with Crippen molar-refractivity contribution in [2.75, 3.05) is 27.2 Å². The highest BCUT2D eigenvalue weighted by atomic mass is 127. The Morgan fingerprint density at radius 2 is 2.04 bits per heavy atom. The van der Waals surface area contributed by atoms with Crippen LogP contribution in [0.3, 0.4) is 0 Å². The zero-order valence-electron chi connectivity index (χ0n) is 14.5. The Morgan fingerprint density at radius 1 is 1.27 bits per heavy atom. The van der Waals surface area contributed by atoms with E-state index in [9.17, 15) is 12.8 Å². The number of rotatable bonds is 7. The molecule has 0 fully saturated rings. The van der Waals surface area contributed by atoms with Crippen molar-refractivity contribution in [3.63, 3.8) is 0 Å². The molecule has 6 nitrogen and oxygen atoms in total. The summed E-state index contributed by atoms with van der Waals surface area (Å²) in [6.07, 6.45) is 0. The molecule has 2 N–H and O–H groups in total. The van der Waals surface area contributed by atoms with Crippen molar-refractivity contribution in [3.8, 4) is 0 Å². The highest BCUT2D eigenvalue weighted by Gasteiger charge is 2.14. The van der Waals surface area contributed by atoms with E-state index in [4.69, 9.17) is 0 Å². The zero-order valence-corrected chi connectivity index (χ0v) is 18.4. The van der Waals surface area contributed by atoms with Gasteiger partial charge in [-0.15, -0.1) is 35.3 Å². The molecule has 0 bridgehead atoms. The van der Waals surface area contributed by atoms with Gasteiger partial charge in [0.25, 0.3) is 0 Å². The predicted molar refractivity (Wildman–Crippen MR) is 114 cm³/mol. The van der Waals surface area contributed by atoms with Gasteiger partial charge in [0.2, 0.25) is 10.0 Å². The van der Waals surface area contributed by atoms with Gasteiger partial charge in [-0.1, -0.05) is 18.2 Å². The van der Waals surface area contributed by atoms with Crippen LogP contribution in [0.1, 0.15) is 5.56 Å². The van der Waals surface area contributed by atoms with Gasteiger partial charge in [0.05, 0.1) is 0 Å². The van der Waals surface area contributed by atoms with Crippen molar-refractivity contribution in [1.82, 2.24) is 14.9 Å². The van der Waals surface area contributed by atoms with E-state index in [0.29, 0.717) is 23.3 Å². The Bertz CT molecular complexity index is 813. The summed E-state index contributed by atoms with van der Waals surface area (Å²) >= 11 is 1.17. The van der Waals surface area contributed by atoms with Crippen molar-refractivity contribution >= 4 is 51.3 Å². The first-order chi connectivity index (χ1) is 11.9. The van der Waals surface area contributed by atoms with Crippen LogP contribution in [-0.2, 0) is 16.6 Å². The number of thiophene rings is 1. The van der Waals surface area contributed by atoms with E-state index >= 15 is 0 Å². The molecule has 144 valence electrons. The van der Waals surface area contributed by atoms with Crippen LogP contribution in [0.4, 0.5) is 4.39 Å². The Morgan fingerprint density at radius 3 is 2.65 bits per heavy atom. The van der Waals surface area contributed by atoms with Crippen LogP contribution in [0.25, 0.3) is 0 Å². The molecule has 0 aliphatic rings. The Labute approximate surface area is 174 Å². The molecule has 0 aliphatic heterocycles. The van der Waals surface area contributed by atoms with Crippen molar-refractivity contribution in [3.05, 3.63) is 53.2 Å². The number of guanidine groups is 1. The number of aliphatic imine (C=N–C) groups is 1. The molecule has 0 saturated carbocycles. The molecule has 0 spiro atoms. The highest BCUT2D eigenvalue weighted by Crippen LogP contribution is 2.14. The van der Waals surface area contributed by atoms with Gasteiger partial charge in [-0.3, -0.25) is 4.99 Å². The summed E-state index contributed by atoms with van der Waals surface area (Å²) < 4.78 is 40.1. The second-order valence-corrected chi connectivity index (χ2v) is 8.23. The molecular formula is C16H22FIN4O2S2. The summed E-state index contributed by atoms with van der Waals surface area (Å²) in [6, 6.07) is 9.62. The SMILES string of the molecule is CN=C(NCCNS(=O)(=O)c1cccs1)N(C)Cc1cccc(F)c1.I. The van der Waals surface area contributed by atoms with Crippen LogP contribution >= 0.6 is 35.3 Å².